The second kappa shape index (κ2) is 5.88. The Labute approximate surface area is 153 Å². The van der Waals surface area contributed by atoms with E-state index in [2.05, 4.69) is 0 Å². The van der Waals surface area contributed by atoms with Crippen molar-refractivity contribution in [1.29, 1.82) is 0 Å². The summed E-state index contributed by atoms with van der Waals surface area (Å²) in [7, 11) is -1.97. The van der Waals surface area contributed by atoms with Gasteiger partial charge < -0.3 is 9.64 Å². The number of para-hydroxylation sites is 2. The third-order valence-electron chi connectivity index (χ3n) is 4.62. The van der Waals surface area contributed by atoms with Gasteiger partial charge in [-0.3, -0.25) is 0 Å². The van der Waals surface area contributed by atoms with E-state index in [9.17, 15) is 8.42 Å². The number of benzene rings is 3. The summed E-state index contributed by atoms with van der Waals surface area (Å²) in [6.07, 6.45) is 0. The van der Waals surface area contributed by atoms with Crippen LogP contribution in [-0.2, 0) is 9.84 Å². The molecule has 4 rings (SSSR count). The summed E-state index contributed by atoms with van der Waals surface area (Å²) in [6.45, 7) is 3.80. The quantitative estimate of drug-likeness (QED) is 0.505. The van der Waals surface area contributed by atoms with E-state index in [0.29, 0.717) is 26.9 Å². The average molecular weight is 365 g/mol. The van der Waals surface area contributed by atoms with Crippen molar-refractivity contribution in [3.8, 4) is 5.75 Å². The standard InChI is InChI=1S/C21H19NO3S/c1-14-8-10-17-20(12-14)26(23,24)21-13-15(2)9-11-18(21)22(17)16-6-4-5-7-19(16)25-3/h4-13H,1-3H3. The number of fused-ring (bicyclic) bond motifs is 2. The van der Waals surface area contributed by atoms with Crippen molar-refractivity contribution < 1.29 is 13.2 Å². The molecule has 0 fully saturated rings. The van der Waals surface area contributed by atoms with Crippen LogP contribution in [0.15, 0.2) is 70.5 Å². The van der Waals surface area contributed by atoms with Crippen molar-refractivity contribution in [2.75, 3.05) is 12.0 Å². The van der Waals surface area contributed by atoms with Gasteiger partial charge in [-0.15, -0.1) is 0 Å². The van der Waals surface area contributed by atoms with Crippen LogP contribution < -0.4 is 9.64 Å². The molecule has 1 aliphatic rings. The lowest BCUT2D eigenvalue weighted by molar-refractivity contribution is 0.416. The predicted molar refractivity (Wildman–Crippen MR) is 103 cm³/mol. The highest BCUT2D eigenvalue weighted by molar-refractivity contribution is 7.92. The van der Waals surface area contributed by atoms with E-state index in [1.54, 1.807) is 19.2 Å². The molecule has 0 amide bonds. The highest BCUT2D eigenvalue weighted by atomic mass is 32.2. The van der Waals surface area contributed by atoms with Crippen LogP contribution in [0.25, 0.3) is 0 Å². The summed E-state index contributed by atoms with van der Waals surface area (Å²) in [6, 6.07) is 18.7. The number of hydrogen-bond donors (Lipinski definition) is 0. The topological polar surface area (TPSA) is 46.6 Å². The molecule has 132 valence electrons. The van der Waals surface area contributed by atoms with Crippen LogP contribution in [-0.4, -0.2) is 15.5 Å². The molecule has 0 unspecified atom stereocenters. The largest absolute Gasteiger partial charge is 0.495 e. The van der Waals surface area contributed by atoms with Crippen LogP contribution in [0, 0.1) is 13.8 Å². The molecular formula is C21H19NO3S. The monoisotopic (exact) mass is 365 g/mol. The van der Waals surface area contributed by atoms with Gasteiger partial charge in [0.25, 0.3) is 0 Å². The summed E-state index contributed by atoms with van der Waals surface area (Å²) in [5.41, 5.74) is 3.89. The smallest absolute Gasteiger partial charge is 0.210 e. The lowest BCUT2D eigenvalue weighted by Gasteiger charge is -2.34. The van der Waals surface area contributed by atoms with Crippen LogP contribution in [0.2, 0.25) is 0 Å². The third kappa shape index (κ3) is 2.39. The van der Waals surface area contributed by atoms with E-state index in [1.807, 2.05) is 67.3 Å². The number of aryl methyl sites for hydroxylation is 2. The summed E-state index contributed by atoms with van der Waals surface area (Å²) in [4.78, 5) is 2.60. The van der Waals surface area contributed by atoms with Crippen molar-refractivity contribution in [1.82, 2.24) is 0 Å². The van der Waals surface area contributed by atoms with Crippen LogP contribution >= 0.6 is 0 Å². The lowest BCUT2D eigenvalue weighted by Crippen LogP contribution is -2.22. The van der Waals surface area contributed by atoms with Crippen molar-refractivity contribution in [3.05, 3.63) is 71.8 Å². The van der Waals surface area contributed by atoms with Crippen LogP contribution in [0.4, 0.5) is 17.1 Å². The Morgan fingerprint density at radius 3 is 1.85 bits per heavy atom. The minimum Gasteiger partial charge on any atom is -0.495 e. The van der Waals surface area contributed by atoms with Gasteiger partial charge >= 0.3 is 0 Å². The molecule has 0 saturated heterocycles. The normalized spacial score (nSPS) is 14.5. The third-order valence-corrected chi connectivity index (χ3v) is 6.43. The molecule has 3 aromatic rings. The Morgan fingerprint density at radius 1 is 0.769 bits per heavy atom. The van der Waals surface area contributed by atoms with Crippen LogP contribution in [0.5, 0.6) is 5.75 Å². The van der Waals surface area contributed by atoms with E-state index in [1.165, 1.54) is 0 Å². The second-order valence-corrected chi connectivity index (χ2v) is 8.34. The minimum absolute atomic E-state index is 0.321. The minimum atomic E-state index is -3.59. The molecular weight excluding hydrogens is 346 g/mol. The molecule has 0 spiro atoms. The number of nitrogens with zero attached hydrogens (tertiary/aromatic N) is 1. The highest BCUT2D eigenvalue weighted by Crippen LogP contribution is 2.50. The summed E-state index contributed by atoms with van der Waals surface area (Å²) >= 11 is 0. The first-order chi connectivity index (χ1) is 12.4. The molecule has 3 aromatic carbocycles. The van der Waals surface area contributed by atoms with E-state index < -0.39 is 9.84 Å². The number of ether oxygens (including phenoxy) is 1. The van der Waals surface area contributed by atoms with Crippen molar-refractivity contribution in [2.45, 2.75) is 23.6 Å². The maximum absolute atomic E-state index is 13.3. The first-order valence-electron chi connectivity index (χ1n) is 8.33. The predicted octanol–water partition coefficient (Wildman–Crippen LogP) is 4.93. The summed E-state index contributed by atoms with van der Waals surface area (Å²) < 4.78 is 32.1. The number of hydrogen-bond acceptors (Lipinski definition) is 4. The molecule has 4 nitrogen and oxygen atoms in total. The molecule has 5 heteroatoms. The van der Waals surface area contributed by atoms with Gasteiger partial charge in [-0.1, -0.05) is 24.3 Å². The first-order valence-corrected chi connectivity index (χ1v) is 9.81. The Bertz CT molecular complexity index is 1060. The van der Waals surface area contributed by atoms with Gasteiger partial charge in [-0.2, -0.15) is 0 Å². The average Bonchev–Trinajstić information content (AvgIpc) is 2.63. The van der Waals surface area contributed by atoms with Crippen molar-refractivity contribution in [3.63, 3.8) is 0 Å². The SMILES string of the molecule is COc1ccccc1N1c2ccc(C)cc2S(=O)(=O)c2cc(C)ccc21. The fourth-order valence-corrected chi connectivity index (χ4v) is 5.15. The molecule has 0 saturated carbocycles. The Morgan fingerprint density at radius 2 is 1.31 bits per heavy atom. The number of methoxy groups -OCH3 is 1. The van der Waals surface area contributed by atoms with Gasteiger partial charge in [-0.05, 0) is 61.4 Å². The maximum atomic E-state index is 13.3. The molecule has 0 aliphatic carbocycles. The Kier molecular flexibility index (Phi) is 3.77. The van der Waals surface area contributed by atoms with Gasteiger partial charge in [0.05, 0.1) is 34.0 Å². The van der Waals surface area contributed by atoms with Gasteiger partial charge in [0, 0.05) is 0 Å². The van der Waals surface area contributed by atoms with E-state index in [0.717, 1.165) is 16.8 Å². The number of rotatable bonds is 2. The molecule has 1 aliphatic heterocycles. The van der Waals surface area contributed by atoms with Gasteiger partial charge in [-0.25, -0.2) is 8.42 Å². The Hall–Kier alpha value is -2.79. The zero-order chi connectivity index (χ0) is 18.5. The molecule has 0 aromatic heterocycles. The lowest BCUT2D eigenvalue weighted by atomic mass is 10.1. The van der Waals surface area contributed by atoms with Crippen LogP contribution in [0.1, 0.15) is 11.1 Å². The zero-order valence-corrected chi connectivity index (χ0v) is 15.7. The molecule has 0 radical (unpaired) electrons. The van der Waals surface area contributed by atoms with E-state index >= 15 is 0 Å². The van der Waals surface area contributed by atoms with Gasteiger partial charge in [0.1, 0.15) is 5.75 Å². The first kappa shape index (κ1) is 16.7. The second-order valence-electron chi connectivity index (χ2n) is 6.45. The van der Waals surface area contributed by atoms with Gasteiger partial charge in [0.15, 0.2) is 0 Å². The van der Waals surface area contributed by atoms with E-state index in [4.69, 9.17) is 4.74 Å². The van der Waals surface area contributed by atoms with Crippen LogP contribution in [0.3, 0.4) is 0 Å². The fraction of sp³-hybridized carbons (Fsp3) is 0.143. The number of sulfone groups is 1. The molecule has 26 heavy (non-hydrogen) atoms. The summed E-state index contributed by atoms with van der Waals surface area (Å²) in [5, 5.41) is 0. The van der Waals surface area contributed by atoms with E-state index in [-0.39, 0.29) is 0 Å². The zero-order valence-electron chi connectivity index (χ0n) is 14.9. The number of anilines is 3. The molecule has 0 atom stereocenters. The molecule has 1 heterocycles. The van der Waals surface area contributed by atoms with Crippen molar-refractivity contribution in [2.24, 2.45) is 0 Å². The summed E-state index contributed by atoms with van der Waals surface area (Å²) in [5.74, 6) is 0.685. The Balaban J connectivity index is 2.11. The highest BCUT2D eigenvalue weighted by Gasteiger charge is 2.35. The molecule has 0 N–H and O–H groups in total. The maximum Gasteiger partial charge on any atom is 0.210 e. The van der Waals surface area contributed by atoms with Gasteiger partial charge in [0.2, 0.25) is 9.84 Å². The van der Waals surface area contributed by atoms with Crippen molar-refractivity contribution >= 4 is 26.9 Å². The fourth-order valence-electron chi connectivity index (χ4n) is 3.36. The molecule has 0 bridgehead atoms.